The third-order valence-corrected chi connectivity index (χ3v) is 3.24. The molecule has 0 heterocycles. The third kappa shape index (κ3) is 4.00. The molecule has 2 unspecified atom stereocenters. The molecule has 2 atom stereocenters. The molecule has 11 heavy (non-hydrogen) atoms. The summed E-state index contributed by atoms with van der Waals surface area (Å²) in [7, 11) is 0. The lowest BCUT2D eigenvalue weighted by Gasteiger charge is -2.29. The summed E-state index contributed by atoms with van der Waals surface area (Å²) in [4.78, 5) is -0.00454. The molecular formula is C10H21Cl. The maximum absolute atomic E-state index is 6.34. The van der Waals surface area contributed by atoms with E-state index in [9.17, 15) is 0 Å². The Kier molecular flexibility index (Phi) is 4.46. The van der Waals surface area contributed by atoms with Gasteiger partial charge in [-0.2, -0.15) is 0 Å². The Morgan fingerprint density at radius 2 is 1.73 bits per heavy atom. The SMILES string of the molecule is CCC(C)CC(C)(Cl)C(C)C. The number of halogens is 1. The van der Waals surface area contributed by atoms with Crippen LogP contribution in [-0.4, -0.2) is 4.87 Å². The van der Waals surface area contributed by atoms with Crippen LogP contribution in [0.2, 0.25) is 0 Å². The average Bonchev–Trinajstić information content (AvgIpc) is 1.86. The summed E-state index contributed by atoms with van der Waals surface area (Å²) < 4.78 is 0. The van der Waals surface area contributed by atoms with Gasteiger partial charge < -0.3 is 0 Å². The maximum atomic E-state index is 6.34. The topological polar surface area (TPSA) is 0 Å². The monoisotopic (exact) mass is 176 g/mol. The van der Waals surface area contributed by atoms with Crippen LogP contribution in [-0.2, 0) is 0 Å². The van der Waals surface area contributed by atoms with Crippen molar-refractivity contribution in [1.82, 2.24) is 0 Å². The fourth-order valence-corrected chi connectivity index (χ4v) is 1.32. The number of hydrogen-bond donors (Lipinski definition) is 0. The van der Waals surface area contributed by atoms with E-state index in [1.807, 2.05) is 0 Å². The fraction of sp³-hybridized carbons (Fsp3) is 1.00. The lowest BCUT2D eigenvalue weighted by molar-refractivity contribution is 0.356. The molecule has 68 valence electrons. The van der Waals surface area contributed by atoms with Gasteiger partial charge in [-0.25, -0.2) is 0 Å². The summed E-state index contributed by atoms with van der Waals surface area (Å²) in [6.07, 6.45) is 2.36. The molecule has 1 heteroatoms. The van der Waals surface area contributed by atoms with Crippen LogP contribution >= 0.6 is 11.6 Å². The number of alkyl halides is 1. The van der Waals surface area contributed by atoms with Gasteiger partial charge in [0.25, 0.3) is 0 Å². The zero-order valence-corrected chi connectivity index (χ0v) is 9.20. The fourth-order valence-electron chi connectivity index (χ4n) is 1.06. The molecular weight excluding hydrogens is 156 g/mol. The summed E-state index contributed by atoms with van der Waals surface area (Å²) >= 11 is 6.34. The minimum Gasteiger partial charge on any atom is -0.119 e. The maximum Gasteiger partial charge on any atom is 0.0444 e. The number of rotatable bonds is 4. The van der Waals surface area contributed by atoms with E-state index in [1.54, 1.807) is 0 Å². The van der Waals surface area contributed by atoms with Crippen molar-refractivity contribution in [2.75, 3.05) is 0 Å². The van der Waals surface area contributed by atoms with Gasteiger partial charge in [0.1, 0.15) is 0 Å². The highest BCUT2D eigenvalue weighted by molar-refractivity contribution is 6.23. The zero-order valence-electron chi connectivity index (χ0n) is 8.45. The van der Waals surface area contributed by atoms with Gasteiger partial charge >= 0.3 is 0 Å². The minimum absolute atomic E-state index is 0.00454. The van der Waals surface area contributed by atoms with Crippen LogP contribution in [0.5, 0.6) is 0 Å². The van der Waals surface area contributed by atoms with Crippen molar-refractivity contribution < 1.29 is 0 Å². The first kappa shape index (κ1) is 11.3. The first-order valence-electron chi connectivity index (χ1n) is 4.59. The Labute approximate surface area is 76.3 Å². The standard InChI is InChI=1S/C10H21Cl/c1-6-9(4)7-10(5,11)8(2)3/h8-9H,6-7H2,1-5H3. The second kappa shape index (κ2) is 4.35. The normalized spacial score (nSPS) is 19.9. The average molecular weight is 177 g/mol. The van der Waals surface area contributed by atoms with Crippen molar-refractivity contribution in [3.8, 4) is 0 Å². The van der Waals surface area contributed by atoms with Gasteiger partial charge in [-0.15, -0.1) is 11.6 Å². The van der Waals surface area contributed by atoms with Crippen LogP contribution < -0.4 is 0 Å². The highest BCUT2D eigenvalue weighted by Crippen LogP contribution is 2.32. The van der Waals surface area contributed by atoms with E-state index >= 15 is 0 Å². The van der Waals surface area contributed by atoms with E-state index in [1.165, 1.54) is 6.42 Å². The van der Waals surface area contributed by atoms with Crippen molar-refractivity contribution in [1.29, 1.82) is 0 Å². The largest absolute Gasteiger partial charge is 0.119 e. The first-order valence-corrected chi connectivity index (χ1v) is 4.96. The van der Waals surface area contributed by atoms with Crippen molar-refractivity contribution in [3.05, 3.63) is 0 Å². The summed E-state index contributed by atoms with van der Waals surface area (Å²) in [6.45, 7) is 11.0. The molecule has 0 saturated heterocycles. The van der Waals surface area contributed by atoms with Gasteiger partial charge in [-0.3, -0.25) is 0 Å². The van der Waals surface area contributed by atoms with Crippen LogP contribution in [0.3, 0.4) is 0 Å². The van der Waals surface area contributed by atoms with Crippen LogP contribution in [0.1, 0.15) is 47.5 Å². The lowest BCUT2D eigenvalue weighted by atomic mass is 9.87. The Morgan fingerprint density at radius 3 is 2.00 bits per heavy atom. The molecule has 0 amide bonds. The van der Waals surface area contributed by atoms with Gasteiger partial charge in [0.2, 0.25) is 0 Å². The second-order valence-electron chi connectivity index (χ2n) is 4.15. The minimum atomic E-state index is -0.00454. The highest BCUT2D eigenvalue weighted by atomic mass is 35.5. The van der Waals surface area contributed by atoms with E-state index < -0.39 is 0 Å². The summed E-state index contributed by atoms with van der Waals surface area (Å²) in [5, 5.41) is 0. The summed E-state index contributed by atoms with van der Waals surface area (Å²) in [5.74, 6) is 1.32. The molecule has 0 aromatic heterocycles. The molecule has 0 spiro atoms. The smallest absolute Gasteiger partial charge is 0.0444 e. The summed E-state index contributed by atoms with van der Waals surface area (Å²) in [5.41, 5.74) is 0. The molecule has 0 aromatic carbocycles. The number of hydrogen-bond acceptors (Lipinski definition) is 0. The van der Waals surface area contributed by atoms with Crippen molar-refractivity contribution in [2.45, 2.75) is 52.3 Å². The van der Waals surface area contributed by atoms with E-state index in [2.05, 4.69) is 34.6 Å². The van der Waals surface area contributed by atoms with Gasteiger partial charge in [0, 0.05) is 4.87 Å². The molecule has 0 nitrogen and oxygen atoms in total. The Balaban J connectivity index is 3.90. The van der Waals surface area contributed by atoms with Crippen LogP contribution in [0.15, 0.2) is 0 Å². The van der Waals surface area contributed by atoms with E-state index in [0.717, 1.165) is 12.3 Å². The van der Waals surface area contributed by atoms with Crippen molar-refractivity contribution in [3.63, 3.8) is 0 Å². The quantitative estimate of drug-likeness (QED) is 0.567. The predicted octanol–water partition coefficient (Wildman–Crippen LogP) is 4.08. The molecule has 0 aromatic rings. The highest BCUT2D eigenvalue weighted by Gasteiger charge is 2.26. The molecule has 0 aliphatic rings. The van der Waals surface area contributed by atoms with Gasteiger partial charge in [0.05, 0.1) is 0 Å². The second-order valence-corrected chi connectivity index (χ2v) is 5.01. The molecule has 0 rings (SSSR count). The van der Waals surface area contributed by atoms with E-state index in [-0.39, 0.29) is 4.87 Å². The Hall–Kier alpha value is 0.290. The molecule has 0 aliphatic heterocycles. The molecule has 0 saturated carbocycles. The molecule has 0 radical (unpaired) electrons. The lowest BCUT2D eigenvalue weighted by Crippen LogP contribution is -2.26. The third-order valence-electron chi connectivity index (χ3n) is 2.65. The molecule has 0 N–H and O–H groups in total. The molecule has 0 aliphatic carbocycles. The molecule has 0 fully saturated rings. The van der Waals surface area contributed by atoms with Crippen molar-refractivity contribution >= 4 is 11.6 Å². The van der Waals surface area contributed by atoms with E-state index in [4.69, 9.17) is 11.6 Å². The van der Waals surface area contributed by atoms with Crippen LogP contribution in [0.25, 0.3) is 0 Å². The van der Waals surface area contributed by atoms with Gasteiger partial charge in [0.15, 0.2) is 0 Å². The Morgan fingerprint density at radius 1 is 1.27 bits per heavy atom. The van der Waals surface area contributed by atoms with Crippen LogP contribution in [0.4, 0.5) is 0 Å². The van der Waals surface area contributed by atoms with Gasteiger partial charge in [-0.05, 0) is 25.2 Å². The predicted molar refractivity (Wildman–Crippen MR) is 53.2 cm³/mol. The molecule has 0 bridgehead atoms. The zero-order chi connectivity index (χ0) is 9.07. The van der Waals surface area contributed by atoms with Crippen molar-refractivity contribution in [2.24, 2.45) is 11.8 Å². The first-order chi connectivity index (χ1) is 4.90. The Bertz CT molecular complexity index is 105. The van der Waals surface area contributed by atoms with E-state index in [0.29, 0.717) is 5.92 Å². The van der Waals surface area contributed by atoms with Gasteiger partial charge in [-0.1, -0.05) is 34.1 Å². The van der Waals surface area contributed by atoms with Crippen LogP contribution in [0, 0.1) is 11.8 Å². The summed E-state index contributed by atoms with van der Waals surface area (Å²) in [6, 6.07) is 0.